The molecule has 0 aliphatic carbocycles. The zero-order chi connectivity index (χ0) is 15.3. The highest BCUT2D eigenvalue weighted by Gasteiger charge is 2.36. The first-order valence-electron chi connectivity index (χ1n) is 6.62. The summed E-state index contributed by atoms with van der Waals surface area (Å²) in [6, 6.07) is -0.541. The second kappa shape index (κ2) is 6.69. The van der Waals surface area contributed by atoms with Gasteiger partial charge in [-0.05, 0) is 18.8 Å². The summed E-state index contributed by atoms with van der Waals surface area (Å²) in [5, 5.41) is 16.7. The molecule has 1 aromatic rings. The molecule has 1 rings (SSSR count). The minimum atomic E-state index is -1.23. The number of thiazole rings is 1. The maximum Gasteiger partial charge on any atom is 0.329 e. The van der Waals surface area contributed by atoms with Gasteiger partial charge in [0.2, 0.25) is 0 Å². The predicted octanol–water partition coefficient (Wildman–Crippen LogP) is 3.03. The smallest absolute Gasteiger partial charge is 0.329 e. The number of hydrogen-bond acceptors (Lipinski definition) is 4. The van der Waals surface area contributed by atoms with E-state index in [1.165, 1.54) is 11.3 Å². The first-order valence-corrected chi connectivity index (χ1v) is 7.50. The molecule has 1 heterocycles. The third-order valence-electron chi connectivity index (χ3n) is 3.30. The topological polar surface area (TPSA) is 91.3 Å². The lowest BCUT2D eigenvalue weighted by Crippen LogP contribution is -2.54. The Bertz CT molecular complexity index is 481. The molecule has 0 unspecified atom stereocenters. The molecule has 0 aromatic carbocycles. The molecule has 112 valence electrons. The highest BCUT2D eigenvalue weighted by atomic mass is 32.1. The highest BCUT2D eigenvalue weighted by Crippen LogP contribution is 2.22. The number of carboxylic acids is 1. The van der Waals surface area contributed by atoms with Gasteiger partial charge < -0.3 is 10.4 Å². The minimum absolute atomic E-state index is 0.286. The van der Waals surface area contributed by atoms with Crippen molar-refractivity contribution in [2.24, 2.45) is 0 Å². The van der Waals surface area contributed by atoms with Crippen LogP contribution in [0.5, 0.6) is 0 Å². The molecule has 6 nitrogen and oxygen atoms in total. The fourth-order valence-electron chi connectivity index (χ4n) is 1.74. The van der Waals surface area contributed by atoms with Gasteiger partial charge in [0.15, 0.2) is 5.13 Å². The molecule has 0 aliphatic rings. The first kappa shape index (κ1) is 16.4. The minimum Gasteiger partial charge on any atom is -0.480 e. The van der Waals surface area contributed by atoms with Crippen molar-refractivity contribution >= 4 is 28.5 Å². The summed E-state index contributed by atoms with van der Waals surface area (Å²) in [6.45, 7) is 7.50. The van der Waals surface area contributed by atoms with Gasteiger partial charge in [-0.15, -0.1) is 11.3 Å². The van der Waals surface area contributed by atoms with Crippen LogP contribution in [0.15, 0.2) is 5.38 Å². The summed E-state index contributed by atoms with van der Waals surface area (Å²) in [5.41, 5.74) is -0.330. The van der Waals surface area contributed by atoms with Gasteiger partial charge in [0.25, 0.3) is 0 Å². The standard InChI is InChI=1S/C13H21N3O3S/c1-5-13(6-2,10(17)18)16-11(19)15-12-14-9(7-20-12)8(3)4/h7-8H,5-6H2,1-4H3,(H,17,18)(H2,14,15,16,19). The van der Waals surface area contributed by atoms with Crippen LogP contribution < -0.4 is 10.6 Å². The number of rotatable bonds is 6. The third kappa shape index (κ3) is 3.69. The van der Waals surface area contributed by atoms with Crippen molar-refractivity contribution in [1.82, 2.24) is 10.3 Å². The third-order valence-corrected chi connectivity index (χ3v) is 4.08. The second-order valence-electron chi connectivity index (χ2n) is 4.91. The summed E-state index contributed by atoms with van der Waals surface area (Å²) in [4.78, 5) is 27.5. The molecule has 0 radical (unpaired) electrons. The molecule has 1 aromatic heterocycles. The average Bonchev–Trinajstić information content (AvgIpc) is 2.84. The van der Waals surface area contributed by atoms with Crippen molar-refractivity contribution in [3.8, 4) is 0 Å². The quantitative estimate of drug-likeness (QED) is 0.753. The summed E-state index contributed by atoms with van der Waals surface area (Å²) in [7, 11) is 0. The Morgan fingerprint density at radius 1 is 1.40 bits per heavy atom. The zero-order valence-corrected chi connectivity index (χ0v) is 13.0. The molecule has 0 aliphatic heterocycles. The largest absolute Gasteiger partial charge is 0.480 e. The molecule has 7 heteroatoms. The van der Waals surface area contributed by atoms with Crippen LogP contribution in [-0.4, -0.2) is 27.6 Å². The lowest BCUT2D eigenvalue weighted by atomic mass is 9.93. The molecule has 2 amide bonds. The molecular formula is C13H21N3O3S. The van der Waals surface area contributed by atoms with Crippen molar-refractivity contribution in [2.75, 3.05) is 5.32 Å². The number of urea groups is 1. The lowest BCUT2D eigenvalue weighted by molar-refractivity contribution is -0.144. The number of carboxylic acid groups (broad SMARTS) is 1. The Labute approximate surface area is 122 Å². The number of carbonyl (C=O) groups excluding carboxylic acids is 1. The maximum absolute atomic E-state index is 11.9. The summed E-state index contributed by atoms with van der Waals surface area (Å²) in [6.07, 6.45) is 0.642. The van der Waals surface area contributed by atoms with Gasteiger partial charge in [0.05, 0.1) is 5.69 Å². The van der Waals surface area contributed by atoms with Crippen molar-refractivity contribution in [1.29, 1.82) is 0 Å². The van der Waals surface area contributed by atoms with E-state index in [0.717, 1.165) is 5.69 Å². The van der Waals surface area contributed by atoms with E-state index in [2.05, 4.69) is 15.6 Å². The molecular weight excluding hydrogens is 278 g/mol. The Hall–Kier alpha value is -1.63. The highest BCUT2D eigenvalue weighted by molar-refractivity contribution is 7.13. The van der Waals surface area contributed by atoms with Crippen LogP contribution >= 0.6 is 11.3 Å². The number of carbonyl (C=O) groups is 2. The van der Waals surface area contributed by atoms with Gasteiger partial charge in [-0.25, -0.2) is 14.6 Å². The summed E-state index contributed by atoms with van der Waals surface area (Å²) in [5.74, 6) is -0.742. The number of anilines is 1. The van der Waals surface area contributed by atoms with E-state index in [1.807, 2.05) is 19.2 Å². The van der Waals surface area contributed by atoms with Crippen LogP contribution in [0, 0.1) is 0 Å². The van der Waals surface area contributed by atoms with Crippen LogP contribution in [0.2, 0.25) is 0 Å². The molecule has 0 atom stereocenters. The number of nitrogens with zero attached hydrogens (tertiary/aromatic N) is 1. The second-order valence-corrected chi connectivity index (χ2v) is 5.76. The fourth-order valence-corrected chi connectivity index (χ4v) is 2.60. The van der Waals surface area contributed by atoms with E-state index < -0.39 is 17.5 Å². The van der Waals surface area contributed by atoms with Gasteiger partial charge in [-0.2, -0.15) is 0 Å². The molecule has 0 saturated carbocycles. The monoisotopic (exact) mass is 299 g/mol. The van der Waals surface area contributed by atoms with Crippen LogP contribution in [0.1, 0.15) is 52.1 Å². The van der Waals surface area contributed by atoms with E-state index in [0.29, 0.717) is 18.0 Å². The van der Waals surface area contributed by atoms with Gasteiger partial charge in [0, 0.05) is 5.38 Å². The molecule has 0 fully saturated rings. The van der Waals surface area contributed by atoms with Crippen molar-refractivity contribution in [2.45, 2.75) is 52.0 Å². The Morgan fingerprint density at radius 2 is 2.00 bits per heavy atom. The molecule has 20 heavy (non-hydrogen) atoms. The molecule has 0 spiro atoms. The van der Waals surface area contributed by atoms with E-state index in [-0.39, 0.29) is 5.92 Å². The van der Waals surface area contributed by atoms with Crippen molar-refractivity contribution in [3.05, 3.63) is 11.1 Å². The Morgan fingerprint density at radius 3 is 2.40 bits per heavy atom. The van der Waals surface area contributed by atoms with Gasteiger partial charge >= 0.3 is 12.0 Å². The van der Waals surface area contributed by atoms with E-state index in [1.54, 1.807) is 13.8 Å². The van der Waals surface area contributed by atoms with E-state index in [4.69, 9.17) is 0 Å². The van der Waals surface area contributed by atoms with E-state index in [9.17, 15) is 14.7 Å². The van der Waals surface area contributed by atoms with Crippen LogP contribution in [-0.2, 0) is 4.79 Å². The van der Waals surface area contributed by atoms with E-state index >= 15 is 0 Å². The van der Waals surface area contributed by atoms with Gasteiger partial charge in [-0.1, -0.05) is 27.7 Å². The number of aromatic nitrogens is 1. The summed E-state index contributed by atoms with van der Waals surface area (Å²) < 4.78 is 0. The number of aliphatic carboxylic acids is 1. The zero-order valence-electron chi connectivity index (χ0n) is 12.2. The van der Waals surface area contributed by atoms with Gasteiger partial charge in [0.1, 0.15) is 5.54 Å². The maximum atomic E-state index is 11.9. The van der Waals surface area contributed by atoms with Crippen LogP contribution in [0.4, 0.5) is 9.93 Å². The number of nitrogens with one attached hydrogen (secondary N) is 2. The number of amides is 2. The van der Waals surface area contributed by atoms with Crippen LogP contribution in [0.3, 0.4) is 0 Å². The Balaban J connectivity index is 2.73. The van der Waals surface area contributed by atoms with Crippen molar-refractivity contribution < 1.29 is 14.7 Å². The predicted molar refractivity (Wildman–Crippen MR) is 79.3 cm³/mol. The van der Waals surface area contributed by atoms with Gasteiger partial charge in [-0.3, -0.25) is 5.32 Å². The molecule has 0 bridgehead atoms. The normalized spacial score (nSPS) is 11.4. The SMILES string of the molecule is CCC(CC)(NC(=O)Nc1nc(C(C)C)cs1)C(=O)O. The Kier molecular flexibility index (Phi) is 5.50. The molecule has 3 N–H and O–H groups in total. The molecule has 0 saturated heterocycles. The summed E-state index contributed by atoms with van der Waals surface area (Å²) >= 11 is 1.33. The van der Waals surface area contributed by atoms with Crippen LogP contribution in [0.25, 0.3) is 0 Å². The fraction of sp³-hybridized carbons (Fsp3) is 0.615. The lowest BCUT2D eigenvalue weighted by Gasteiger charge is -2.27. The van der Waals surface area contributed by atoms with Crippen molar-refractivity contribution in [3.63, 3.8) is 0 Å². The first-order chi connectivity index (χ1) is 9.34. The average molecular weight is 299 g/mol. The number of hydrogen-bond donors (Lipinski definition) is 3.